The van der Waals surface area contributed by atoms with Crippen LogP contribution in [-0.2, 0) is 0 Å². The lowest BCUT2D eigenvalue weighted by atomic mass is 10.3. The molecule has 2 aromatic rings. The van der Waals surface area contributed by atoms with E-state index in [1.807, 2.05) is 0 Å². The van der Waals surface area contributed by atoms with Gasteiger partial charge in [0.1, 0.15) is 5.75 Å². The first kappa shape index (κ1) is 6.78. The third-order valence-electron chi connectivity index (χ3n) is 1.33. The number of hydrogen-bond donors (Lipinski definition) is 1. The minimum absolute atomic E-state index is 0.0600. The zero-order valence-electron chi connectivity index (χ0n) is 6.05. The summed E-state index contributed by atoms with van der Waals surface area (Å²) in [7, 11) is 0. The van der Waals surface area contributed by atoms with Crippen LogP contribution in [0.4, 0.5) is 0 Å². The Morgan fingerprint density at radius 2 is 2.33 bits per heavy atom. The van der Waals surface area contributed by atoms with Crippen molar-refractivity contribution in [3.63, 3.8) is 0 Å². The van der Waals surface area contributed by atoms with Gasteiger partial charge in [-0.05, 0) is 17.3 Å². The van der Waals surface area contributed by atoms with Crippen molar-refractivity contribution in [1.29, 1.82) is 0 Å². The van der Waals surface area contributed by atoms with Crippen molar-refractivity contribution in [2.75, 3.05) is 0 Å². The zero-order chi connectivity index (χ0) is 8.39. The van der Waals surface area contributed by atoms with E-state index in [2.05, 4.69) is 21.5 Å². The van der Waals surface area contributed by atoms with Crippen LogP contribution >= 0.6 is 0 Å². The smallest absolute Gasteiger partial charge is 0.162 e. The fourth-order valence-corrected chi connectivity index (χ4v) is 0.839. The van der Waals surface area contributed by atoms with E-state index in [-0.39, 0.29) is 5.75 Å². The van der Waals surface area contributed by atoms with Gasteiger partial charge in [0.2, 0.25) is 0 Å². The van der Waals surface area contributed by atoms with Crippen molar-refractivity contribution in [1.82, 2.24) is 20.2 Å². The van der Waals surface area contributed by atoms with Crippen LogP contribution in [0.1, 0.15) is 0 Å². The molecule has 0 fully saturated rings. The van der Waals surface area contributed by atoms with Gasteiger partial charge in [0.25, 0.3) is 0 Å². The molecule has 0 aliphatic rings. The number of rotatable bonds is 1. The lowest BCUT2D eigenvalue weighted by Gasteiger charge is -1.96. The van der Waals surface area contributed by atoms with Crippen molar-refractivity contribution in [3.05, 3.63) is 30.6 Å². The molecule has 0 saturated carbocycles. The zero-order valence-corrected chi connectivity index (χ0v) is 6.05. The van der Waals surface area contributed by atoms with Crippen LogP contribution in [0.3, 0.4) is 0 Å². The van der Waals surface area contributed by atoms with E-state index in [1.165, 1.54) is 17.2 Å². The molecule has 0 atom stereocenters. The van der Waals surface area contributed by atoms with Crippen LogP contribution in [0.5, 0.6) is 5.75 Å². The predicted molar refractivity (Wildman–Crippen MR) is 39.7 cm³/mol. The molecule has 1 aromatic heterocycles. The molecule has 1 aromatic carbocycles. The summed E-state index contributed by atoms with van der Waals surface area (Å²) in [6.45, 7) is 0. The Morgan fingerprint density at radius 1 is 1.42 bits per heavy atom. The van der Waals surface area contributed by atoms with Gasteiger partial charge in [0.05, 0.1) is 11.8 Å². The first-order valence-electron chi connectivity index (χ1n) is 3.31. The van der Waals surface area contributed by atoms with Crippen molar-refractivity contribution in [2.45, 2.75) is 0 Å². The molecule has 5 nitrogen and oxygen atoms in total. The van der Waals surface area contributed by atoms with Crippen molar-refractivity contribution in [2.24, 2.45) is 0 Å². The molecule has 1 radical (unpaired) electrons. The lowest BCUT2D eigenvalue weighted by molar-refractivity contribution is 0.473. The highest BCUT2D eigenvalue weighted by atomic mass is 16.3. The summed E-state index contributed by atoms with van der Waals surface area (Å²) >= 11 is 0. The molecule has 0 bridgehead atoms. The van der Waals surface area contributed by atoms with Crippen molar-refractivity contribution >= 4 is 0 Å². The van der Waals surface area contributed by atoms with Gasteiger partial charge in [-0.3, -0.25) is 0 Å². The maximum absolute atomic E-state index is 9.07. The summed E-state index contributed by atoms with van der Waals surface area (Å²) < 4.78 is 0. The average molecular weight is 161 g/mol. The highest BCUT2D eigenvalue weighted by Crippen LogP contribution is 2.11. The lowest BCUT2D eigenvalue weighted by Crippen LogP contribution is -1.98. The maximum Gasteiger partial charge on any atom is 0.162 e. The summed E-state index contributed by atoms with van der Waals surface area (Å²) in [5.74, 6) is 0.0600. The quantitative estimate of drug-likeness (QED) is 0.647. The third kappa shape index (κ3) is 1.12. The van der Waals surface area contributed by atoms with Gasteiger partial charge < -0.3 is 5.11 Å². The number of benzene rings is 1. The second kappa shape index (κ2) is 2.61. The van der Waals surface area contributed by atoms with E-state index >= 15 is 0 Å². The minimum Gasteiger partial charge on any atom is -0.507 e. The second-order valence-electron chi connectivity index (χ2n) is 2.15. The van der Waals surface area contributed by atoms with Crippen LogP contribution in [0.15, 0.2) is 24.5 Å². The Kier molecular flexibility index (Phi) is 1.48. The monoisotopic (exact) mass is 161 g/mol. The largest absolute Gasteiger partial charge is 0.507 e. The van der Waals surface area contributed by atoms with E-state index in [4.69, 9.17) is 5.11 Å². The van der Waals surface area contributed by atoms with E-state index in [0.717, 1.165) is 0 Å². The highest BCUT2D eigenvalue weighted by Gasteiger charge is 1.98. The fraction of sp³-hybridized carbons (Fsp3) is 0. The van der Waals surface area contributed by atoms with Crippen LogP contribution in [0.2, 0.25) is 0 Å². The molecular weight excluding hydrogens is 156 g/mol. The summed E-state index contributed by atoms with van der Waals surface area (Å²) in [5.41, 5.74) is 0.563. The summed E-state index contributed by atoms with van der Waals surface area (Å²) in [5, 5.41) is 20.0. The molecule has 0 amide bonds. The Labute approximate surface area is 68.3 Å². The van der Waals surface area contributed by atoms with E-state index in [9.17, 15) is 0 Å². The molecule has 5 heteroatoms. The Hall–Kier alpha value is -1.91. The minimum atomic E-state index is 0.0600. The first-order valence-corrected chi connectivity index (χ1v) is 3.31. The molecule has 0 saturated heterocycles. The van der Waals surface area contributed by atoms with E-state index < -0.39 is 0 Å². The summed E-state index contributed by atoms with van der Waals surface area (Å²) in [4.78, 5) is 1.28. The number of nitrogens with zero attached hydrogens (tertiary/aromatic N) is 4. The van der Waals surface area contributed by atoms with Gasteiger partial charge in [0.15, 0.2) is 6.33 Å². The molecule has 0 aliphatic heterocycles. The second-order valence-corrected chi connectivity index (χ2v) is 2.15. The molecule has 0 spiro atoms. The van der Waals surface area contributed by atoms with Crippen LogP contribution in [0, 0.1) is 6.07 Å². The summed E-state index contributed by atoms with van der Waals surface area (Å²) in [6.07, 6.45) is 1.32. The highest BCUT2D eigenvalue weighted by molar-refractivity contribution is 5.34. The number of aromatic nitrogens is 4. The van der Waals surface area contributed by atoms with Gasteiger partial charge in [-0.2, -0.15) is 0 Å². The summed E-state index contributed by atoms with van der Waals surface area (Å²) in [6, 6.07) is 7.60. The molecule has 1 heterocycles. The topological polar surface area (TPSA) is 63.8 Å². The number of tetrazole rings is 1. The molecular formula is C7H5N4O. The van der Waals surface area contributed by atoms with Crippen LogP contribution in [-0.4, -0.2) is 25.3 Å². The van der Waals surface area contributed by atoms with Crippen LogP contribution in [0.25, 0.3) is 5.69 Å². The molecule has 12 heavy (non-hydrogen) atoms. The van der Waals surface area contributed by atoms with E-state index in [1.54, 1.807) is 12.1 Å². The predicted octanol–water partition coefficient (Wildman–Crippen LogP) is 0.168. The molecule has 2 rings (SSSR count). The number of phenolic OH excluding ortho intramolecular Hbond substituents is 1. The Balaban J connectivity index is 2.48. The SMILES string of the molecule is Oc1[c]c(-n2ncnn2)ccc1. The number of aromatic hydroxyl groups is 1. The van der Waals surface area contributed by atoms with Gasteiger partial charge in [0, 0.05) is 0 Å². The fourth-order valence-electron chi connectivity index (χ4n) is 0.839. The van der Waals surface area contributed by atoms with Gasteiger partial charge in [-0.15, -0.1) is 15.0 Å². The van der Waals surface area contributed by atoms with Crippen molar-refractivity contribution < 1.29 is 5.11 Å². The maximum atomic E-state index is 9.07. The van der Waals surface area contributed by atoms with Crippen LogP contribution < -0.4 is 0 Å². The number of phenols is 1. The first-order chi connectivity index (χ1) is 5.86. The molecule has 0 unspecified atom stereocenters. The van der Waals surface area contributed by atoms with Gasteiger partial charge in [-0.25, -0.2) is 0 Å². The standard InChI is InChI=1S/C7H5N4O/c12-7-3-1-2-6(4-7)11-9-5-8-10-11/h1-3,5,12H. The molecule has 59 valence electrons. The Bertz CT molecular complexity index is 371. The molecule has 0 aliphatic carbocycles. The van der Waals surface area contributed by atoms with Gasteiger partial charge >= 0.3 is 0 Å². The van der Waals surface area contributed by atoms with Crippen molar-refractivity contribution in [3.8, 4) is 11.4 Å². The van der Waals surface area contributed by atoms with E-state index in [0.29, 0.717) is 5.69 Å². The Morgan fingerprint density at radius 3 is 3.00 bits per heavy atom. The van der Waals surface area contributed by atoms with Gasteiger partial charge in [-0.1, -0.05) is 6.07 Å². The third-order valence-corrected chi connectivity index (χ3v) is 1.33. The number of hydrogen-bond acceptors (Lipinski definition) is 4. The average Bonchev–Trinajstić information content (AvgIpc) is 2.56. The normalized spacial score (nSPS) is 10.0. The molecule has 1 N–H and O–H groups in total.